The quantitative estimate of drug-likeness (QED) is 0.860. The van der Waals surface area contributed by atoms with Crippen molar-refractivity contribution in [3.63, 3.8) is 0 Å². The Morgan fingerprint density at radius 1 is 1.24 bits per heavy atom. The number of carbonyl (C=O) groups is 2. The Balaban J connectivity index is 2.83. The standard InChI is InChI=1S/C15H28N2O4/c1-6-16(7-2)12-8-11(13(18)19)9-17(10-12)14(20)21-15(3,4)5/h11-12H,6-10H2,1-5H3,(H,18,19). The second-order valence-electron chi connectivity index (χ2n) is 6.53. The van der Waals surface area contributed by atoms with Gasteiger partial charge in [0.05, 0.1) is 5.92 Å². The third kappa shape index (κ3) is 5.19. The molecule has 1 heterocycles. The van der Waals surface area contributed by atoms with Crippen LogP contribution in [0.25, 0.3) is 0 Å². The van der Waals surface area contributed by atoms with Gasteiger partial charge in [0.1, 0.15) is 5.60 Å². The molecule has 1 N–H and O–H groups in total. The third-order valence-electron chi connectivity index (χ3n) is 3.76. The first-order valence-corrected chi connectivity index (χ1v) is 7.62. The van der Waals surface area contributed by atoms with Crippen LogP contribution in [0, 0.1) is 5.92 Å². The Bertz CT molecular complexity index is 374. The molecule has 21 heavy (non-hydrogen) atoms. The zero-order valence-corrected chi connectivity index (χ0v) is 13.8. The van der Waals surface area contributed by atoms with Gasteiger partial charge in [0.2, 0.25) is 0 Å². The van der Waals surface area contributed by atoms with Crippen molar-refractivity contribution in [1.29, 1.82) is 0 Å². The lowest BCUT2D eigenvalue weighted by Gasteiger charge is -2.41. The van der Waals surface area contributed by atoms with E-state index in [2.05, 4.69) is 4.90 Å². The molecule has 1 fully saturated rings. The summed E-state index contributed by atoms with van der Waals surface area (Å²) < 4.78 is 5.38. The molecule has 1 saturated heterocycles. The van der Waals surface area contributed by atoms with Crippen molar-refractivity contribution in [3.8, 4) is 0 Å². The Kier molecular flexibility index (Phi) is 6.01. The minimum absolute atomic E-state index is 0.0716. The molecular weight excluding hydrogens is 272 g/mol. The number of rotatable bonds is 4. The van der Waals surface area contributed by atoms with Gasteiger partial charge in [-0.3, -0.25) is 9.69 Å². The molecule has 0 aromatic carbocycles. The van der Waals surface area contributed by atoms with Crippen LogP contribution < -0.4 is 0 Å². The molecule has 0 aromatic rings. The van der Waals surface area contributed by atoms with Gasteiger partial charge >= 0.3 is 12.1 Å². The van der Waals surface area contributed by atoms with E-state index in [1.165, 1.54) is 4.90 Å². The highest BCUT2D eigenvalue weighted by molar-refractivity contribution is 5.73. The summed E-state index contributed by atoms with van der Waals surface area (Å²) in [5.41, 5.74) is -0.571. The maximum Gasteiger partial charge on any atom is 0.410 e. The molecule has 2 atom stereocenters. The average Bonchev–Trinajstić information content (AvgIpc) is 2.37. The summed E-state index contributed by atoms with van der Waals surface area (Å²) >= 11 is 0. The lowest BCUT2D eigenvalue weighted by molar-refractivity contribution is -0.144. The van der Waals surface area contributed by atoms with Crippen LogP contribution in [-0.4, -0.2) is 64.8 Å². The van der Waals surface area contributed by atoms with Gasteiger partial charge in [-0.2, -0.15) is 0 Å². The van der Waals surface area contributed by atoms with E-state index in [9.17, 15) is 14.7 Å². The molecular formula is C15H28N2O4. The van der Waals surface area contributed by atoms with Crippen molar-refractivity contribution in [1.82, 2.24) is 9.80 Å². The van der Waals surface area contributed by atoms with Crippen LogP contribution in [0.3, 0.4) is 0 Å². The van der Waals surface area contributed by atoms with Crippen LogP contribution in [0.5, 0.6) is 0 Å². The molecule has 122 valence electrons. The number of aliphatic carboxylic acids is 1. The Morgan fingerprint density at radius 3 is 2.24 bits per heavy atom. The topological polar surface area (TPSA) is 70.1 Å². The van der Waals surface area contributed by atoms with Crippen LogP contribution in [0.15, 0.2) is 0 Å². The van der Waals surface area contributed by atoms with E-state index < -0.39 is 23.6 Å². The fraction of sp³-hybridized carbons (Fsp3) is 0.867. The second-order valence-corrected chi connectivity index (χ2v) is 6.53. The van der Waals surface area contributed by atoms with Gasteiger partial charge in [0, 0.05) is 19.1 Å². The summed E-state index contributed by atoms with van der Waals surface area (Å²) in [4.78, 5) is 27.3. The van der Waals surface area contributed by atoms with E-state index in [4.69, 9.17) is 4.74 Å². The summed E-state index contributed by atoms with van der Waals surface area (Å²) in [6.07, 6.45) is 0.154. The minimum Gasteiger partial charge on any atom is -0.481 e. The second kappa shape index (κ2) is 7.11. The number of hydrogen-bond donors (Lipinski definition) is 1. The molecule has 1 amide bonds. The van der Waals surface area contributed by atoms with Crippen molar-refractivity contribution in [2.75, 3.05) is 26.2 Å². The molecule has 1 rings (SSSR count). The Morgan fingerprint density at radius 2 is 1.81 bits per heavy atom. The van der Waals surface area contributed by atoms with Gasteiger partial charge in [0.25, 0.3) is 0 Å². The van der Waals surface area contributed by atoms with Gasteiger partial charge in [-0.1, -0.05) is 13.8 Å². The summed E-state index contributed by atoms with van der Waals surface area (Å²) in [6, 6.07) is 0.0716. The molecule has 1 aliphatic heterocycles. The van der Waals surface area contributed by atoms with Crippen LogP contribution in [-0.2, 0) is 9.53 Å². The summed E-state index contributed by atoms with van der Waals surface area (Å²) in [6.45, 7) is 12.0. The van der Waals surface area contributed by atoms with Crippen molar-refractivity contribution in [3.05, 3.63) is 0 Å². The molecule has 0 aliphatic carbocycles. The number of nitrogens with zero attached hydrogens (tertiary/aromatic N) is 2. The summed E-state index contributed by atoms with van der Waals surface area (Å²) in [5.74, 6) is -1.38. The lowest BCUT2D eigenvalue weighted by atomic mass is 9.93. The normalized spacial score (nSPS) is 23.2. The average molecular weight is 300 g/mol. The van der Waals surface area contributed by atoms with Crippen molar-refractivity contribution >= 4 is 12.1 Å². The predicted molar refractivity (Wildman–Crippen MR) is 80.3 cm³/mol. The van der Waals surface area contributed by atoms with Gasteiger partial charge in [-0.05, 0) is 40.3 Å². The first kappa shape index (κ1) is 17.8. The highest BCUT2D eigenvalue weighted by Gasteiger charge is 2.37. The third-order valence-corrected chi connectivity index (χ3v) is 3.76. The van der Waals surface area contributed by atoms with Crippen LogP contribution in [0.1, 0.15) is 41.0 Å². The maximum atomic E-state index is 12.2. The molecule has 6 nitrogen and oxygen atoms in total. The first-order valence-electron chi connectivity index (χ1n) is 7.62. The molecule has 0 aromatic heterocycles. The molecule has 2 unspecified atom stereocenters. The summed E-state index contributed by atoms with van der Waals surface area (Å²) in [7, 11) is 0. The number of amides is 1. The van der Waals surface area contributed by atoms with Crippen molar-refractivity contribution in [2.24, 2.45) is 5.92 Å². The molecule has 0 spiro atoms. The highest BCUT2D eigenvalue weighted by Crippen LogP contribution is 2.23. The number of carboxylic acid groups (broad SMARTS) is 1. The van der Waals surface area contributed by atoms with Crippen molar-refractivity contribution < 1.29 is 19.4 Å². The maximum absolute atomic E-state index is 12.2. The SMILES string of the molecule is CCN(CC)C1CC(C(=O)O)CN(C(=O)OC(C)(C)C)C1. The molecule has 0 saturated carbocycles. The van der Waals surface area contributed by atoms with E-state index in [0.717, 1.165) is 13.1 Å². The Hall–Kier alpha value is -1.30. The first-order chi connectivity index (χ1) is 9.67. The molecule has 0 bridgehead atoms. The summed E-state index contributed by atoms with van der Waals surface area (Å²) in [5, 5.41) is 9.32. The fourth-order valence-corrected chi connectivity index (χ4v) is 2.73. The zero-order valence-electron chi connectivity index (χ0n) is 13.8. The number of carbonyl (C=O) groups excluding carboxylic acids is 1. The molecule has 1 aliphatic rings. The number of hydrogen-bond acceptors (Lipinski definition) is 4. The van der Waals surface area contributed by atoms with Crippen LogP contribution >= 0.6 is 0 Å². The highest BCUT2D eigenvalue weighted by atomic mass is 16.6. The fourth-order valence-electron chi connectivity index (χ4n) is 2.73. The minimum atomic E-state index is -0.847. The number of piperidine rings is 1. The molecule has 0 radical (unpaired) electrons. The predicted octanol–water partition coefficient (Wildman–Crippen LogP) is 2.04. The number of carboxylic acids is 1. The van der Waals surface area contributed by atoms with Gasteiger partial charge < -0.3 is 14.7 Å². The molecule has 6 heteroatoms. The van der Waals surface area contributed by atoms with Crippen LogP contribution in [0.4, 0.5) is 4.79 Å². The Labute approximate surface area is 127 Å². The van der Waals surface area contributed by atoms with E-state index in [0.29, 0.717) is 13.0 Å². The van der Waals surface area contributed by atoms with E-state index in [1.54, 1.807) is 0 Å². The van der Waals surface area contributed by atoms with E-state index in [1.807, 2.05) is 34.6 Å². The van der Waals surface area contributed by atoms with E-state index >= 15 is 0 Å². The van der Waals surface area contributed by atoms with Gasteiger partial charge in [-0.15, -0.1) is 0 Å². The number of ether oxygens (including phenoxy) is 1. The van der Waals surface area contributed by atoms with Crippen LogP contribution in [0.2, 0.25) is 0 Å². The monoisotopic (exact) mass is 300 g/mol. The van der Waals surface area contributed by atoms with E-state index in [-0.39, 0.29) is 12.6 Å². The lowest BCUT2D eigenvalue weighted by Crippen LogP contribution is -2.54. The van der Waals surface area contributed by atoms with Gasteiger partial charge in [0.15, 0.2) is 0 Å². The largest absolute Gasteiger partial charge is 0.481 e. The van der Waals surface area contributed by atoms with Gasteiger partial charge in [-0.25, -0.2) is 4.79 Å². The number of likely N-dealkylation sites (N-methyl/N-ethyl adjacent to an activating group) is 1. The zero-order chi connectivity index (χ0) is 16.2. The smallest absolute Gasteiger partial charge is 0.410 e. The van der Waals surface area contributed by atoms with Crippen molar-refractivity contribution in [2.45, 2.75) is 52.7 Å². The number of likely N-dealkylation sites (tertiary alicyclic amines) is 1.